The van der Waals surface area contributed by atoms with Crippen molar-refractivity contribution in [1.82, 2.24) is 5.32 Å². The first kappa shape index (κ1) is 23.0. The number of carbonyl (C=O) groups is 3. The molecule has 0 saturated heterocycles. The van der Waals surface area contributed by atoms with Gasteiger partial charge in [0.25, 0.3) is 5.91 Å². The van der Waals surface area contributed by atoms with Gasteiger partial charge in [-0.2, -0.15) is 0 Å². The van der Waals surface area contributed by atoms with E-state index < -0.39 is 24.5 Å². The molecule has 8 nitrogen and oxygen atoms in total. The number of esters is 1. The van der Waals surface area contributed by atoms with Crippen LogP contribution in [-0.2, 0) is 14.3 Å². The molecular weight excluding hydrogens is 364 g/mol. The highest BCUT2D eigenvalue weighted by Crippen LogP contribution is 2.30. The van der Waals surface area contributed by atoms with E-state index in [-0.39, 0.29) is 0 Å². The first-order chi connectivity index (χ1) is 13.3. The number of urea groups is 1. The van der Waals surface area contributed by atoms with Crippen LogP contribution in [0.4, 0.5) is 10.5 Å². The molecule has 0 radical (unpaired) electrons. The molecule has 8 heteroatoms. The summed E-state index contributed by atoms with van der Waals surface area (Å²) in [4.78, 5) is 35.0. The van der Waals surface area contributed by atoms with Crippen molar-refractivity contribution >= 4 is 23.6 Å². The highest BCUT2D eigenvalue weighted by Gasteiger charge is 2.12. The molecule has 0 unspecified atom stereocenters. The quantitative estimate of drug-likeness (QED) is 0.467. The molecule has 1 aromatic carbocycles. The maximum atomic E-state index is 12.0. The van der Waals surface area contributed by atoms with Crippen LogP contribution in [-0.4, -0.2) is 37.7 Å². The van der Waals surface area contributed by atoms with E-state index in [1.54, 1.807) is 32.0 Å². The lowest BCUT2D eigenvalue weighted by Gasteiger charge is -2.14. The number of carbonyl (C=O) groups excluding carboxylic acids is 3. The van der Waals surface area contributed by atoms with Gasteiger partial charge >= 0.3 is 12.0 Å². The molecule has 0 fully saturated rings. The van der Waals surface area contributed by atoms with Crippen LogP contribution >= 0.6 is 0 Å². The number of hydrogen-bond donors (Lipinski definition) is 2. The first-order valence-corrected chi connectivity index (χ1v) is 9.17. The molecule has 0 heterocycles. The normalized spacial score (nSPS) is 9.86. The van der Waals surface area contributed by atoms with Gasteiger partial charge in [0.2, 0.25) is 0 Å². The van der Waals surface area contributed by atoms with Gasteiger partial charge in [-0.25, -0.2) is 9.59 Å². The van der Waals surface area contributed by atoms with Crippen molar-refractivity contribution in [2.75, 3.05) is 25.1 Å². The van der Waals surface area contributed by atoms with Gasteiger partial charge in [0.05, 0.1) is 13.2 Å². The van der Waals surface area contributed by atoms with Crippen LogP contribution in [0.1, 0.15) is 40.5 Å². The minimum absolute atomic E-state index is 0.432. The van der Waals surface area contributed by atoms with Crippen LogP contribution in [0.15, 0.2) is 29.8 Å². The fourth-order valence-electron chi connectivity index (χ4n) is 1.98. The van der Waals surface area contributed by atoms with Crippen LogP contribution in [0, 0.1) is 0 Å². The summed E-state index contributed by atoms with van der Waals surface area (Å²) in [6.45, 7) is 7.95. The van der Waals surface area contributed by atoms with Gasteiger partial charge in [0, 0.05) is 17.8 Å². The minimum Gasteiger partial charge on any atom is -0.490 e. The molecule has 28 heavy (non-hydrogen) atoms. The van der Waals surface area contributed by atoms with Crippen molar-refractivity contribution in [3.05, 3.63) is 29.8 Å². The molecule has 0 aliphatic carbocycles. The van der Waals surface area contributed by atoms with Crippen molar-refractivity contribution < 1.29 is 28.6 Å². The summed E-state index contributed by atoms with van der Waals surface area (Å²) in [5.41, 5.74) is 1.18. The summed E-state index contributed by atoms with van der Waals surface area (Å²) in [5.74, 6) is -0.284. The molecule has 0 saturated carbocycles. The Labute approximate surface area is 165 Å². The van der Waals surface area contributed by atoms with E-state index in [9.17, 15) is 14.4 Å². The maximum Gasteiger partial charge on any atom is 0.331 e. The zero-order valence-corrected chi connectivity index (χ0v) is 16.8. The van der Waals surface area contributed by atoms with Crippen molar-refractivity contribution in [3.63, 3.8) is 0 Å². The zero-order chi connectivity index (χ0) is 20.9. The molecule has 3 amide bonds. The number of benzene rings is 1. The third-order valence-electron chi connectivity index (χ3n) is 3.13. The molecule has 1 aromatic rings. The predicted molar refractivity (Wildman–Crippen MR) is 106 cm³/mol. The van der Waals surface area contributed by atoms with Crippen molar-refractivity contribution in [1.29, 1.82) is 0 Å². The van der Waals surface area contributed by atoms with Crippen LogP contribution in [0.3, 0.4) is 0 Å². The monoisotopic (exact) mass is 392 g/mol. The number of amides is 3. The van der Waals surface area contributed by atoms with Crippen LogP contribution < -0.4 is 20.1 Å². The van der Waals surface area contributed by atoms with E-state index in [1.807, 2.05) is 13.8 Å². The Balaban J connectivity index is 2.63. The Morgan fingerprint density at radius 3 is 2.25 bits per heavy atom. The molecule has 0 atom stereocenters. The average Bonchev–Trinajstić information content (AvgIpc) is 2.63. The van der Waals surface area contributed by atoms with E-state index in [0.29, 0.717) is 30.4 Å². The zero-order valence-electron chi connectivity index (χ0n) is 16.8. The molecule has 0 aliphatic heterocycles. The maximum absolute atomic E-state index is 12.0. The summed E-state index contributed by atoms with van der Waals surface area (Å²) < 4.78 is 16.0. The van der Waals surface area contributed by atoms with Gasteiger partial charge in [0.15, 0.2) is 18.1 Å². The number of ether oxygens (including phenoxy) is 3. The molecule has 1 rings (SSSR count). The smallest absolute Gasteiger partial charge is 0.331 e. The second-order valence-electron chi connectivity index (χ2n) is 6.19. The van der Waals surface area contributed by atoms with Crippen LogP contribution in [0.2, 0.25) is 0 Å². The van der Waals surface area contributed by atoms with Gasteiger partial charge in [0.1, 0.15) is 0 Å². The Morgan fingerprint density at radius 2 is 1.64 bits per heavy atom. The fraction of sp³-hybridized carbons (Fsp3) is 0.450. The topological polar surface area (TPSA) is 103 Å². The highest BCUT2D eigenvalue weighted by atomic mass is 16.5. The van der Waals surface area contributed by atoms with Crippen molar-refractivity contribution in [3.8, 4) is 11.5 Å². The third kappa shape index (κ3) is 9.07. The first-order valence-electron chi connectivity index (χ1n) is 9.17. The lowest BCUT2D eigenvalue weighted by Crippen LogP contribution is -2.37. The fourth-order valence-corrected chi connectivity index (χ4v) is 1.98. The summed E-state index contributed by atoms with van der Waals surface area (Å²) in [6.07, 6.45) is 2.94. The molecular formula is C20H28N2O6. The van der Waals surface area contributed by atoms with Crippen LogP contribution in [0.25, 0.3) is 0 Å². The number of allylic oxidation sites excluding steroid dienone is 1. The number of anilines is 1. The van der Waals surface area contributed by atoms with Gasteiger partial charge in [-0.15, -0.1) is 0 Å². The number of nitrogens with one attached hydrogen (secondary N) is 2. The highest BCUT2D eigenvalue weighted by molar-refractivity contribution is 6.02. The van der Waals surface area contributed by atoms with Gasteiger partial charge < -0.3 is 19.5 Å². The number of imide groups is 1. The lowest BCUT2D eigenvalue weighted by atomic mass is 10.2. The summed E-state index contributed by atoms with van der Waals surface area (Å²) in [5, 5.41) is 4.62. The second-order valence-corrected chi connectivity index (χ2v) is 6.19. The van der Waals surface area contributed by atoms with E-state index in [2.05, 4.69) is 10.6 Å². The minimum atomic E-state index is -0.744. The third-order valence-corrected chi connectivity index (χ3v) is 3.13. The Kier molecular flexibility index (Phi) is 10.2. The largest absolute Gasteiger partial charge is 0.490 e. The molecule has 0 bridgehead atoms. The van der Waals surface area contributed by atoms with Crippen molar-refractivity contribution in [2.24, 2.45) is 0 Å². The lowest BCUT2D eigenvalue weighted by molar-refractivity contribution is -0.143. The van der Waals surface area contributed by atoms with E-state index in [4.69, 9.17) is 14.2 Å². The Bertz CT molecular complexity index is 711. The predicted octanol–water partition coefficient (Wildman–Crippen LogP) is 3.42. The molecule has 0 aliphatic rings. The molecule has 154 valence electrons. The molecule has 0 spiro atoms. The number of hydrogen-bond acceptors (Lipinski definition) is 6. The average molecular weight is 392 g/mol. The summed E-state index contributed by atoms with van der Waals surface area (Å²) >= 11 is 0. The summed E-state index contributed by atoms with van der Waals surface area (Å²) in [7, 11) is 0. The van der Waals surface area contributed by atoms with E-state index in [0.717, 1.165) is 18.4 Å². The number of rotatable bonds is 10. The Hall–Kier alpha value is -3.03. The van der Waals surface area contributed by atoms with Gasteiger partial charge in [-0.05, 0) is 38.8 Å². The van der Waals surface area contributed by atoms with E-state index in [1.165, 1.54) is 6.08 Å². The molecule has 2 N–H and O–H groups in total. The summed E-state index contributed by atoms with van der Waals surface area (Å²) in [6, 6.07) is 4.22. The Morgan fingerprint density at radius 1 is 1.00 bits per heavy atom. The van der Waals surface area contributed by atoms with Crippen molar-refractivity contribution in [2.45, 2.75) is 40.5 Å². The van der Waals surface area contributed by atoms with Gasteiger partial charge in [-0.3, -0.25) is 10.1 Å². The standard InChI is InChI=1S/C20H28N2O6/c1-5-9-26-16-8-7-15(12-17(16)27-10-6-2)21-20(25)22-18(23)13-28-19(24)11-14(3)4/h7-8,11-12H,5-6,9-10,13H2,1-4H3,(H2,21,22,23,25). The molecule has 0 aromatic heterocycles. The van der Waals surface area contributed by atoms with Gasteiger partial charge in [-0.1, -0.05) is 19.4 Å². The van der Waals surface area contributed by atoms with E-state index >= 15 is 0 Å². The van der Waals surface area contributed by atoms with Crippen LogP contribution in [0.5, 0.6) is 11.5 Å². The second kappa shape index (κ2) is 12.4. The SMILES string of the molecule is CCCOc1ccc(NC(=O)NC(=O)COC(=O)C=C(C)C)cc1OCCC.